The molecule has 3 rings (SSSR count). The standard InChI is InChI=1S/C27H29N.2C2H6.CH4O/c1-7-23(18-26-20(4)19(3)25(8-2)27(26,5)6)28-24-16-12-15-22(17-24)21-13-10-9-11-14-21;3*1-2/h7-18,28H,3-4H2,1-2,5-6H3;2*1-2H3;2H,1H3/b23-7+,25-8+,26-18+;;;. The molecule has 0 aromatic heterocycles. The SMILES string of the molecule is C=C1C(=C)/C(=C\C(=C/C)Nc2cccc(-c3ccccc3)c2)C(C)(C)/C1=C/C.CC.CC.CO. The van der Waals surface area contributed by atoms with E-state index in [0.717, 1.165) is 29.6 Å². The van der Waals surface area contributed by atoms with Crippen molar-refractivity contribution >= 4 is 5.69 Å². The van der Waals surface area contributed by atoms with Gasteiger partial charge in [-0.15, -0.1) is 0 Å². The lowest BCUT2D eigenvalue weighted by atomic mass is 9.82. The molecular weight excluding hydrogens is 414 g/mol. The Bertz CT molecular complexity index is 1000. The summed E-state index contributed by atoms with van der Waals surface area (Å²) in [6, 6.07) is 18.9. The number of anilines is 1. The molecule has 2 aromatic carbocycles. The molecule has 1 aliphatic carbocycles. The molecule has 0 amide bonds. The van der Waals surface area contributed by atoms with Crippen LogP contribution in [-0.2, 0) is 0 Å². The van der Waals surface area contributed by atoms with Gasteiger partial charge in [0.25, 0.3) is 0 Å². The molecule has 0 radical (unpaired) electrons. The average Bonchev–Trinajstić information content (AvgIpc) is 3.06. The van der Waals surface area contributed by atoms with Gasteiger partial charge in [-0.05, 0) is 65.5 Å². The van der Waals surface area contributed by atoms with E-state index >= 15 is 0 Å². The van der Waals surface area contributed by atoms with Gasteiger partial charge in [-0.2, -0.15) is 0 Å². The minimum Gasteiger partial charge on any atom is -0.400 e. The minimum atomic E-state index is -0.0925. The largest absolute Gasteiger partial charge is 0.400 e. The monoisotopic (exact) mass is 459 g/mol. The van der Waals surface area contributed by atoms with Gasteiger partial charge in [-0.25, -0.2) is 0 Å². The number of hydrogen-bond acceptors (Lipinski definition) is 2. The molecule has 0 unspecified atom stereocenters. The molecule has 1 fully saturated rings. The summed E-state index contributed by atoms with van der Waals surface area (Å²) in [6.07, 6.45) is 6.46. The van der Waals surface area contributed by atoms with E-state index in [9.17, 15) is 0 Å². The van der Waals surface area contributed by atoms with Crippen LogP contribution in [0.1, 0.15) is 55.4 Å². The van der Waals surface area contributed by atoms with Crippen molar-refractivity contribution in [3.8, 4) is 11.1 Å². The molecule has 0 aliphatic heterocycles. The van der Waals surface area contributed by atoms with E-state index in [4.69, 9.17) is 5.11 Å². The minimum absolute atomic E-state index is 0.0925. The van der Waals surface area contributed by atoms with Crippen LogP contribution < -0.4 is 5.32 Å². The van der Waals surface area contributed by atoms with Gasteiger partial charge >= 0.3 is 0 Å². The lowest BCUT2D eigenvalue weighted by Gasteiger charge is -2.22. The number of hydrogen-bond donors (Lipinski definition) is 2. The first-order chi connectivity index (χ1) is 16.4. The van der Waals surface area contributed by atoms with Gasteiger partial charge in [0.2, 0.25) is 0 Å². The molecule has 34 heavy (non-hydrogen) atoms. The first kappa shape index (κ1) is 30.9. The summed E-state index contributed by atoms with van der Waals surface area (Å²) < 4.78 is 0. The molecular formula is C32H45NO. The number of benzene rings is 2. The molecule has 1 saturated carbocycles. The molecule has 0 spiro atoms. The van der Waals surface area contributed by atoms with Crippen molar-refractivity contribution in [2.24, 2.45) is 5.41 Å². The van der Waals surface area contributed by atoms with Crippen molar-refractivity contribution in [3.63, 3.8) is 0 Å². The van der Waals surface area contributed by atoms with Crippen molar-refractivity contribution in [2.75, 3.05) is 12.4 Å². The highest BCUT2D eigenvalue weighted by Crippen LogP contribution is 2.52. The van der Waals surface area contributed by atoms with Crippen LogP contribution in [0.3, 0.4) is 0 Å². The average molecular weight is 460 g/mol. The van der Waals surface area contributed by atoms with E-state index in [2.05, 4.69) is 113 Å². The van der Waals surface area contributed by atoms with Crippen LogP contribution in [-0.4, -0.2) is 12.2 Å². The van der Waals surface area contributed by atoms with Crippen LogP contribution in [0.25, 0.3) is 11.1 Å². The second-order valence-corrected chi connectivity index (χ2v) is 7.66. The zero-order valence-electron chi connectivity index (χ0n) is 22.8. The normalized spacial score (nSPS) is 16.6. The lowest BCUT2D eigenvalue weighted by Crippen LogP contribution is -2.12. The van der Waals surface area contributed by atoms with Gasteiger partial charge < -0.3 is 10.4 Å². The smallest absolute Gasteiger partial charge is 0.0390 e. The fourth-order valence-corrected chi connectivity index (χ4v) is 3.95. The molecule has 0 bridgehead atoms. The van der Waals surface area contributed by atoms with Crippen LogP contribution in [0.5, 0.6) is 0 Å². The summed E-state index contributed by atoms with van der Waals surface area (Å²) in [4.78, 5) is 0. The van der Waals surface area contributed by atoms with Gasteiger partial charge in [0, 0.05) is 23.9 Å². The summed E-state index contributed by atoms with van der Waals surface area (Å²) in [7, 11) is 1.00. The molecule has 2 aromatic rings. The van der Waals surface area contributed by atoms with Gasteiger partial charge in [0.15, 0.2) is 0 Å². The summed E-state index contributed by atoms with van der Waals surface area (Å²) in [5.74, 6) is 0. The third-order valence-electron chi connectivity index (χ3n) is 5.52. The zero-order valence-corrected chi connectivity index (χ0v) is 22.8. The predicted octanol–water partition coefficient (Wildman–Crippen LogP) is 9.36. The predicted molar refractivity (Wildman–Crippen MR) is 154 cm³/mol. The van der Waals surface area contributed by atoms with Gasteiger partial charge in [0.05, 0.1) is 0 Å². The second kappa shape index (κ2) is 15.7. The molecule has 184 valence electrons. The van der Waals surface area contributed by atoms with Crippen LogP contribution in [0.15, 0.2) is 114 Å². The number of aliphatic hydroxyl groups excluding tert-OH is 1. The molecule has 2 N–H and O–H groups in total. The highest BCUT2D eigenvalue weighted by atomic mass is 16.2. The maximum atomic E-state index is 7.00. The van der Waals surface area contributed by atoms with Gasteiger partial charge in [-0.1, -0.05) is 109 Å². The van der Waals surface area contributed by atoms with Crippen LogP contribution in [0, 0.1) is 5.41 Å². The van der Waals surface area contributed by atoms with E-state index < -0.39 is 0 Å². The van der Waals surface area contributed by atoms with Crippen LogP contribution in [0.2, 0.25) is 0 Å². The first-order valence-corrected chi connectivity index (χ1v) is 12.2. The molecule has 2 nitrogen and oxygen atoms in total. The molecule has 0 saturated heterocycles. The third kappa shape index (κ3) is 7.46. The summed E-state index contributed by atoms with van der Waals surface area (Å²) in [5.41, 5.74) is 8.98. The van der Waals surface area contributed by atoms with E-state index in [1.165, 1.54) is 22.3 Å². The van der Waals surface area contributed by atoms with Gasteiger partial charge in [0.1, 0.15) is 0 Å². The summed E-state index contributed by atoms with van der Waals surface area (Å²) in [6.45, 7) is 25.1. The Kier molecular flexibility index (Phi) is 14.3. The fraction of sp³-hybridized carbons (Fsp3) is 0.312. The summed E-state index contributed by atoms with van der Waals surface area (Å²) in [5, 5.41) is 10.6. The van der Waals surface area contributed by atoms with E-state index in [1.54, 1.807) is 0 Å². The quantitative estimate of drug-likeness (QED) is 0.477. The van der Waals surface area contributed by atoms with E-state index in [0.29, 0.717) is 0 Å². The first-order valence-electron chi connectivity index (χ1n) is 12.2. The molecule has 2 heteroatoms. The molecule has 0 atom stereocenters. The number of allylic oxidation sites excluding steroid dienone is 7. The maximum Gasteiger partial charge on any atom is 0.0390 e. The van der Waals surface area contributed by atoms with Crippen molar-refractivity contribution in [2.45, 2.75) is 55.4 Å². The zero-order chi connectivity index (χ0) is 26.3. The van der Waals surface area contributed by atoms with Crippen LogP contribution >= 0.6 is 0 Å². The Morgan fingerprint density at radius 2 is 1.32 bits per heavy atom. The number of rotatable bonds is 4. The van der Waals surface area contributed by atoms with Crippen molar-refractivity contribution < 1.29 is 5.11 Å². The Balaban J connectivity index is 0.00000168. The van der Waals surface area contributed by atoms with Crippen molar-refractivity contribution in [1.82, 2.24) is 0 Å². The third-order valence-corrected chi connectivity index (χ3v) is 5.52. The Hall–Kier alpha value is -3.10. The number of aliphatic hydroxyl groups is 1. The number of nitrogens with one attached hydrogen (secondary N) is 1. The highest BCUT2D eigenvalue weighted by molar-refractivity contribution is 5.71. The van der Waals surface area contributed by atoms with E-state index in [-0.39, 0.29) is 5.41 Å². The lowest BCUT2D eigenvalue weighted by molar-refractivity contribution is 0.399. The Morgan fingerprint density at radius 1 is 0.794 bits per heavy atom. The highest BCUT2D eigenvalue weighted by Gasteiger charge is 2.38. The maximum absolute atomic E-state index is 7.00. The van der Waals surface area contributed by atoms with E-state index in [1.807, 2.05) is 33.8 Å². The van der Waals surface area contributed by atoms with Gasteiger partial charge in [-0.3, -0.25) is 0 Å². The van der Waals surface area contributed by atoms with Crippen LogP contribution in [0.4, 0.5) is 5.69 Å². The van der Waals surface area contributed by atoms with Crippen molar-refractivity contribution in [1.29, 1.82) is 0 Å². The Morgan fingerprint density at radius 3 is 1.82 bits per heavy atom. The van der Waals surface area contributed by atoms with Crippen molar-refractivity contribution in [3.05, 3.63) is 114 Å². The topological polar surface area (TPSA) is 32.3 Å². The second-order valence-electron chi connectivity index (χ2n) is 7.66. The Labute approximate surface area is 209 Å². The molecule has 0 heterocycles. The fourth-order valence-electron chi connectivity index (χ4n) is 3.95. The molecule has 1 aliphatic rings. The summed E-state index contributed by atoms with van der Waals surface area (Å²) >= 11 is 0.